The zero-order chi connectivity index (χ0) is 13.5. The lowest BCUT2D eigenvalue weighted by molar-refractivity contribution is -0.141. The normalized spacial score (nSPS) is 12.0. The third-order valence-electron chi connectivity index (χ3n) is 2.14. The van der Waals surface area contributed by atoms with Crippen LogP contribution in [0.3, 0.4) is 0 Å². The Balaban J connectivity index is 2.59. The second-order valence-electron chi connectivity index (χ2n) is 3.46. The van der Waals surface area contributed by atoms with Gasteiger partial charge in [-0.2, -0.15) is 18.3 Å². The summed E-state index contributed by atoms with van der Waals surface area (Å²) in [5.41, 5.74) is -0.273. The first-order chi connectivity index (χ1) is 8.28. The molecule has 0 aliphatic carbocycles. The summed E-state index contributed by atoms with van der Waals surface area (Å²) in [6, 6.07) is 1.06. The van der Waals surface area contributed by atoms with Crippen LogP contribution in [0, 0.1) is 0 Å². The summed E-state index contributed by atoms with van der Waals surface area (Å²) in [7, 11) is 0. The van der Waals surface area contributed by atoms with Crippen LogP contribution in [0.25, 0.3) is 10.9 Å². The van der Waals surface area contributed by atoms with Crippen LogP contribution < -0.4 is 0 Å². The summed E-state index contributed by atoms with van der Waals surface area (Å²) < 4.78 is 37.9. The topological polar surface area (TPSA) is 68.0 Å². The minimum Gasteiger partial charge on any atom is -0.477 e. The van der Waals surface area contributed by atoms with Gasteiger partial charge in [0.2, 0.25) is 0 Å². The highest BCUT2D eigenvalue weighted by molar-refractivity contribution is 9.10. The van der Waals surface area contributed by atoms with E-state index >= 15 is 0 Å². The van der Waals surface area contributed by atoms with Crippen LogP contribution in [-0.4, -0.2) is 32.0 Å². The van der Waals surface area contributed by atoms with E-state index in [1.54, 1.807) is 0 Å². The predicted octanol–water partition coefficient (Wildman–Crippen LogP) is 2.45. The maximum absolute atomic E-state index is 12.3. The average Bonchev–Trinajstić information content (AvgIpc) is 2.53. The minimum atomic E-state index is -4.44. The molecule has 0 fully saturated rings. The molecule has 2 aromatic rings. The first kappa shape index (κ1) is 12.8. The van der Waals surface area contributed by atoms with Gasteiger partial charge in [-0.15, -0.1) is 0 Å². The Morgan fingerprint density at radius 3 is 2.72 bits per heavy atom. The molecular formula is C9H5BrF3N3O2. The van der Waals surface area contributed by atoms with Crippen LogP contribution in [0.4, 0.5) is 13.2 Å². The Morgan fingerprint density at radius 2 is 2.17 bits per heavy atom. The number of carboxylic acids is 1. The number of carbonyl (C=O) groups is 1. The molecule has 0 bridgehead atoms. The molecular weight excluding hydrogens is 319 g/mol. The zero-order valence-corrected chi connectivity index (χ0v) is 10.2. The van der Waals surface area contributed by atoms with Gasteiger partial charge in [-0.1, -0.05) is 0 Å². The van der Waals surface area contributed by atoms with Gasteiger partial charge in [0, 0.05) is 6.20 Å². The average molecular weight is 324 g/mol. The van der Waals surface area contributed by atoms with Crippen molar-refractivity contribution in [2.45, 2.75) is 12.7 Å². The number of alkyl halides is 3. The minimum absolute atomic E-state index is 0.0617. The number of hydrogen-bond acceptors (Lipinski definition) is 3. The SMILES string of the molecule is O=C(O)c1cc2c(cn1)c(Br)nn2CC(F)(F)F. The van der Waals surface area contributed by atoms with Gasteiger partial charge in [0.25, 0.3) is 0 Å². The summed E-state index contributed by atoms with van der Waals surface area (Å²) in [5, 5.41) is 12.7. The smallest absolute Gasteiger partial charge is 0.408 e. The fourth-order valence-corrected chi connectivity index (χ4v) is 1.94. The summed E-state index contributed by atoms with van der Waals surface area (Å²) in [4.78, 5) is 14.3. The molecule has 0 aliphatic heterocycles. The van der Waals surface area contributed by atoms with Crippen molar-refractivity contribution in [1.29, 1.82) is 0 Å². The maximum Gasteiger partial charge on any atom is 0.408 e. The van der Waals surface area contributed by atoms with Gasteiger partial charge >= 0.3 is 12.1 Å². The molecule has 0 unspecified atom stereocenters. The van der Waals surface area contributed by atoms with Crippen molar-refractivity contribution in [3.8, 4) is 0 Å². The van der Waals surface area contributed by atoms with E-state index < -0.39 is 18.7 Å². The van der Waals surface area contributed by atoms with Crippen molar-refractivity contribution >= 4 is 32.8 Å². The van der Waals surface area contributed by atoms with Crippen molar-refractivity contribution < 1.29 is 23.1 Å². The number of rotatable bonds is 2. The van der Waals surface area contributed by atoms with E-state index in [0.717, 1.165) is 6.07 Å². The fourth-order valence-electron chi connectivity index (χ4n) is 1.44. The summed E-state index contributed by atoms with van der Waals surface area (Å²) >= 11 is 3.00. The van der Waals surface area contributed by atoms with E-state index in [4.69, 9.17) is 5.11 Å². The summed E-state index contributed by atoms with van der Waals surface area (Å²) in [6.45, 7) is -1.29. The Labute approximate surface area is 106 Å². The zero-order valence-electron chi connectivity index (χ0n) is 8.57. The van der Waals surface area contributed by atoms with Gasteiger partial charge in [-0.25, -0.2) is 9.78 Å². The Kier molecular flexibility index (Phi) is 3.01. The number of aromatic carboxylic acids is 1. The van der Waals surface area contributed by atoms with Crippen molar-refractivity contribution in [3.63, 3.8) is 0 Å². The first-order valence-corrected chi connectivity index (χ1v) is 5.39. The van der Waals surface area contributed by atoms with Crippen LogP contribution >= 0.6 is 15.9 Å². The molecule has 0 aromatic carbocycles. The van der Waals surface area contributed by atoms with E-state index in [2.05, 4.69) is 26.0 Å². The third-order valence-corrected chi connectivity index (χ3v) is 2.72. The second kappa shape index (κ2) is 4.23. The number of pyridine rings is 1. The van der Waals surface area contributed by atoms with Crippen LogP contribution in [0.15, 0.2) is 16.9 Å². The summed E-state index contributed by atoms with van der Waals surface area (Å²) in [5.74, 6) is -1.31. The molecule has 5 nitrogen and oxygen atoms in total. The molecule has 2 aromatic heterocycles. The van der Waals surface area contributed by atoms with Gasteiger partial charge < -0.3 is 5.11 Å². The lowest BCUT2D eigenvalue weighted by Crippen LogP contribution is -2.18. The first-order valence-electron chi connectivity index (χ1n) is 4.60. The van der Waals surface area contributed by atoms with Crippen molar-refractivity contribution in [3.05, 3.63) is 22.6 Å². The predicted molar refractivity (Wildman–Crippen MR) is 58.2 cm³/mol. The highest BCUT2D eigenvalue weighted by Crippen LogP contribution is 2.26. The van der Waals surface area contributed by atoms with Crippen molar-refractivity contribution in [2.24, 2.45) is 0 Å². The lowest BCUT2D eigenvalue weighted by Gasteiger charge is -2.07. The fraction of sp³-hybridized carbons (Fsp3) is 0.222. The molecule has 1 N–H and O–H groups in total. The largest absolute Gasteiger partial charge is 0.477 e. The summed E-state index contributed by atoms with van der Waals surface area (Å²) in [6.07, 6.45) is -3.27. The molecule has 0 saturated carbocycles. The van der Waals surface area contributed by atoms with Gasteiger partial charge in [0.1, 0.15) is 16.8 Å². The molecule has 0 amide bonds. The molecule has 0 atom stereocenters. The number of fused-ring (bicyclic) bond motifs is 1. The van der Waals surface area contributed by atoms with Gasteiger partial charge in [-0.05, 0) is 22.0 Å². The molecule has 96 valence electrons. The van der Waals surface area contributed by atoms with Gasteiger partial charge in [0.15, 0.2) is 0 Å². The highest BCUT2D eigenvalue weighted by Gasteiger charge is 2.30. The molecule has 18 heavy (non-hydrogen) atoms. The quantitative estimate of drug-likeness (QED) is 0.921. The van der Waals surface area contributed by atoms with E-state index in [1.165, 1.54) is 6.20 Å². The Bertz CT molecular complexity index is 623. The van der Waals surface area contributed by atoms with Gasteiger partial charge in [-0.3, -0.25) is 4.68 Å². The molecule has 0 radical (unpaired) electrons. The molecule has 2 rings (SSSR count). The van der Waals surface area contributed by atoms with E-state index in [-0.39, 0.29) is 15.8 Å². The Morgan fingerprint density at radius 1 is 1.50 bits per heavy atom. The third kappa shape index (κ3) is 2.45. The second-order valence-corrected chi connectivity index (χ2v) is 4.21. The monoisotopic (exact) mass is 323 g/mol. The number of aromatic nitrogens is 3. The van der Waals surface area contributed by atoms with Crippen molar-refractivity contribution in [1.82, 2.24) is 14.8 Å². The van der Waals surface area contributed by atoms with Crippen molar-refractivity contribution in [2.75, 3.05) is 0 Å². The van der Waals surface area contributed by atoms with Gasteiger partial charge in [0.05, 0.1) is 10.9 Å². The molecule has 2 heterocycles. The van der Waals surface area contributed by atoms with E-state index in [9.17, 15) is 18.0 Å². The molecule has 0 saturated heterocycles. The Hall–Kier alpha value is -1.64. The number of carboxylic acid groups (broad SMARTS) is 1. The van der Waals surface area contributed by atoms with Crippen LogP contribution in [0.5, 0.6) is 0 Å². The van der Waals surface area contributed by atoms with Crippen LogP contribution in [0.2, 0.25) is 0 Å². The molecule has 9 heteroatoms. The van der Waals surface area contributed by atoms with E-state index in [0.29, 0.717) is 10.1 Å². The van der Waals surface area contributed by atoms with Crippen LogP contribution in [0.1, 0.15) is 10.5 Å². The molecule has 0 spiro atoms. The van der Waals surface area contributed by atoms with Crippen LogP contribution in [-0.2, 0) is 6.54 Å². The number of nitrogens with zero attached hydrogens (tertiary/aromatic N) is 3. The maximum atomic E-state index is 12.3. The highest BCUT2D eigenvalue weighted by atomic mass is 79.9. The van der Waals surface area contributed by atoms with E-state index in [1.807, 2.05) is 0 Å². The lowest BCUT2D eigenvalue weighted by atomic mass is 10.3. The number of hydrogen-bond donors (Lipinski definition) is 1. The standard InChI is InChI=1S/C9H5BrF3N3O2/c10-7-4-2-14-5(8(17)18)1-6(4)16(15-7)3-9(11,12)13/h1-2H,3H2,(H,17,18). The number of halogens is 4. The molecule has 0 aliphatic rings.